The second kappa shape index (κ2) is 27.3. The fourth-order valence-electron chi connectivity index (χ4n) is 4.76. The minimum Gasteiger partial charge on any atom is -0.481 e. The number of thiol groups is 1. The molecule has 328 valence electrons. The smallest absolute Gasteiger partial charge is 0.327 e. The van der Waals surface area contributed by atoms with Crippen LogP contribution in [0, 0.1) is 0 Å². The number of hydrogen-bond acceptors (Lipinski definition) is 12. The number of benzene rings is 1. The van der Waals surface area contributed by atoms with Crippen molar-refractivity contribution >= 4 is 90.6 Å². The first-order chi connectivity index (χ1) is 27.2. The Morgan fingerprint density at radius 2 is 1.00 bits per heavy atom. The van der Waals surface area contributed by atoms with Crippen LogP contribution in [0.3, 0.4) is 0 Å². The number of hydrogen-bond donors (Lipinski definition) is 14. The molecule has 0 bridgehead atoms. The third-order valence-electron chi connectivity index (χ3n) is 7.74. The quantitative estimate of drug-likeness (QED) is 0.0339. The van der Waals surface area contributed by atoms with Gasteiger partial charge in [0, 0.05) is 25.3 Å². The van der Waals surface area contributed by atoms with Gasteiger partial charge in [-0.25, -0.2) is 24.0 Å². The molecule has 13 N–H and O–H groups in total. The summed E-state index contributed by atoms with van der Waals surface area (Å²) in [6.45, 7) is 0.152. The minimum absolute atomic E-state index is 0. The molecular weight excluding hydrogens is 834 g/mol. The lowest BCUT2D eigenvalue weighted by molar-refractivity contribution is -0.144. The summed E-state index contributed by atoms with van der Waals surface area (Å²) in [7, 11) is 0. The maximum Gasteiger partial charge on any atom is 0.327 e. The van der Waals surface area contributed by atoms with Gasteiger partial charge in [-0.1, -0.05) is 24.3 Å². The van der Waals surface area contributed by atoms with E-state index >= 15 is 0 Å². The summed E-state index contributed by atoms with van der Waals surface area (Å²) in [5, 5.41) is 70.4. The standard InChI is InChI=1S/C33H45N7O17S.ClH/c41-23(36-20(12-25(44)45)27(48)37-21(13-26(46)47)28(49)38-22(15-58)31(54)55)11-16-4-6-17(7-5-16)14-35-32(56)34-10-2-1-3-18(29(50)51)39-33(57)40-19(30(52)53)8-9-24(42)43;/h4-7,18-22,58H,1-3,8-15H2,(H,36,41)(H,37,48)(H,38,49)(H,42,43)(H,44,45)(H,46,47)(H,50,51)(H,52,53)(H,54,55)(H2,34,35,56)(H2,39,40,57);1H. The molecule has 0 aromatic heterocycles. The van der Waals surface area contributed by atoms with E-state index in [0.29, 0.717) is 17.5 Å². The van der Waals surface area contributed by atoms with Gasteiger partial charge in [0.2, 0.25) is 17.7 Å². The molecule has 0 radical (unpaired) electrons. The molecule has 5 unspecified atom stereocenters. The topological polar surface area (TPSA) is 393 Å². The number of carbonyl (C=O) groups is 11. The maximum atomic E-state index is 12.9. The SMILES string of the molecule is Cl.O=C(O)CCC(NC(=O)NC(CCCCNC(=O)NCc1ccc(CC(=O)NC(CC(=O)O)C(=O)NC(CC(=O)O)C(=O)NC(CS)C(=O)O)cc1)C(=O)O)C(=O)O. The molecular formula is C33H46ClN7O17S. The van der Waals surface area contributed by atoms with Crippen LogP contribution in [0.1, 0.15) is 56.1 Å². The number of aliphatic carboxylic acids is 6. The van der Waals surface area contributed by atoms with Gasteiger partial charge in [-0.15, -0.1) is 12.4 Å². The zero-order chi connectivity index (χ0) is 43.9. The van der Waals surface area contributed by atoms with Crippen LogP contribution in [0.25, 0.3) is 0 Å². The lowest BCUT2D eigenvalue weighted by Crippen LogP contribution is -2.57. The zero-order valence-electron chi connectivity index (χ0n) is 31.0. The molecule has 0 saturated carbocycles. The van der Waals surface area contributed by atoms with E-state index in [1.807, 2.05) is 16.0 Å². The van der Waals surface area contributed by atoms with Crippen molar-refractivity contribution < 1.29 is 83.4 Å². The van der Waals surface area contributed by atoms with Crippen molar-refractivity contribution in [2.75, 3.05) is 12.3 Å². The van der Waals surface area contributed by atoms with E-state index in [9.17, 15) is 68.1 Å². The molecule has 59 heavy (non-hydrogen) atoms. The fraction of sp³-hybridized carbons (Fsp3) is 0.485. The summed E-state index contributed by atoms with van der Waals surface area (Å²) < 4.78 is 0. The van der Waals surface area contributed by atoms with Gasteiger partial charge in [0.05, 0.1) is 19.3 Å². The molecule has 1 aromatic carbocycles. The van der Waals surface area contributed by atoms with Gasteiger partial charge in [-0.2, -0.15) is 12.6 Å². The van der Waals surface area contributed by atoms with Crippen molar-refractivity contribution in [2.24, 2.45) is 0 Å². The van der Waals surface area contributed by atoms with Gasteiger partial charge >= 0.3 is 47.9 Å². The van der Waals surface area contributed by atoms with Crippen LogP contribution in [0.2, 0.25) is 0 Å². The van der Waals surface area contributed by atoms with E-state index in [-0.39, 0.29) is 50.5 Å². The van der Waals surface area contributed by atoms with Crippen LogP contribution in [0.5, 0.6) is 0 Å². The normalized spacial score (nSPS) is 12.9. The number of urea groups is 2. The highest BCUT2D eigenvalue weighted by Crippen LogP contribution is 2.08. The van der Waals surface area contributed by atoms with Crippen LogP contribution >= 0.6 is 25.0 Å². The number of nitrogens with one attached hydrogen (secondary N) is 7. The highest BCUT2D eigenvalue weighted by Gasteiger charge is 2.32. The third kappa shape index (κ3) is 22.2. The van der Waals surface area contributed by atoms with Crippen molar-refractivity contribution in [3.05, 3.63) is 35.4 Å². The van der Waals surface area contributed by atoms with Gasteiger partial charge < -0.3 is 67.9 Å². The molecule has 1 aromatic rings. The van der Waals surface area contributed by atoms with E-state index in [4.69, 9.17) is 15.3 Å². The molecule has 26 heteroatoms. The number of halogens is 1. The van der Waals surface area contributed by atoms with Crippen molar-refractivity contribution in [1.82, 2.24) is 37.2 Å². The lowest BCUT2D eigenvalue weighted by Gasteiger charge is -2.22. The average molecular weight is 880 g/mol. The lowest BCUT2D eigenvalue weighted by atomic mass is 10.1. The van der Waals surface area contributed by atoms with Gasteiger partial charge in [-0.05, 0) is 36.8 Å². The number of carboxylic acid groups (broad SMARTS) is 6. The van der Waals surface area contributed by atoms with Crippen molar-refractivity contribution in [3.63, 3.8) is 0 Å². The number of carbonyl (C=O) groups excluding carboxylic acids is 5. The third-order valence-corrected chi connectivity index (χ3v) is 8.10. The molecule has 0 aliphatic carbocycles. The van der Waals surface area contributed by atoms with E-state index in [1.54, 1.807) is 12.1 Å². The van der Waals surface area contributed by atoms with Gasteiger partial charge in [0.25, 0.3) is 0 Å². The van der Waals surface area contributed by atoms with Gasteiger partial charge in [0.15, 0.2) is 0 Å². The molecule has 0 aliphatic heterocycles. The molecule has 0 spiro atoms. The van der Waals surface area contributed by atoms with E-state index in [2.05, 4.69) is 33.9 Å². The first kappa shape index (κ1) is 52.6. The molecule has 0 heterocycles. The maximum absolute atomic E-state index is 12.9. The van der Waals surface area contributed by atoms with Crippen molar-refractivity contribution in [2.45, 2.75) is 88.1 Å². The second-order valence-corrected chi connectivity index (χ2v) is 12.8. The Kier molecular flexibility index (Phi) is 24.4. The monoisotopic (exact) mass is 879 g/mol. The van der Waals surface area contributed by atoms with Crippen molar-refractivity contribution in [3.8, 4) is 0 Å². The zero-order valence-corrected chi connectivity index (χ0v) is 32.7. The van der Waals surface area contributed by atoms with E-state index in [1.165, 1.54) is 12.1 Å². The summed E-state index contributed by atoms with van der Waals surface area (Å²) in [5.41, 5.74) is 0.997. The Morgan fingerprint density at radius 1 is 0.525 bits per heavy atom. The van der Waals surface area contributed by atoms with Crippen LogP contribution in [-0.4, -0.2) is 139 Å². The molecule has 0 aliphatic rings. The number of amides is 7. The Balaban J connectivity index is 0.0000336. The minimum atomic E-state index is -1.83. The summed E-state index contributed by atoms with van der Waals surface area (Å²) in [5.74, 6) is -12.3. The molecule has 24 nitrogen and oxygen atoms in total. The molecule has 1 rings (SSSR count). The molecule has 5 atom stereocenters. The van der Waals surface area contributed by atoms with Crippen LogP contribution < -0.4 is 37.2 Å². The van der Waals surface area contributed by atoms with Gasteiger partial charge in [0.1, 0.15) is 30.2 Å². The predicted molar refractivity (Wildman–Crippen MR) is 205 cm³/mol. The summed E-state index contributed by atoms with van der Waals surface area (Å²) in [6, 6.07) is -3.59. The van der Waals surface area contributed by atoms with E-state index in [0.717, 1.165) is 0 Å². The Labute approximate surface area is 346 Å². The Bertz CT molecular complexity index is 1680. The number of rotatable bonds is 27. The number of unbranched alkanes of at least 4 members (excludes halogenated alkanes) is 1. The van der Waals surface area contributed by atoms with Crippen LogP contribution in [-0.2, 0) is 56.1 Å². The first-order valence-corrected chi connectivity index (χ1v) is 17.9. The van der Waals surface area contributed by atoms with Crippen LogP contribution in [0.4, 0.5) is 9.59 Å². The number of carboxylic acids is 6. The van der Waals surface area contributed by atoms with E-state index < -0.39 is 121 Å². The van der Waals surface area contributed by atoms with Gasteiger partial charge in [-0.3, -0.25) is 28.8 Å². The largest absolute Gasteiger partial charge is 0.481 e. The first-order valence-electron chi connectivity index (χ1n) is 17.2. The predicted octanol–water partition coefficient (Wildman–Crippen LogP) is -1.89. The second-order valence-electron chi connectivity index (χ2n) is 12.4. The molecule has 0 fully saturated rings. The molecule has 7 amide bonds. The highest BCUT2D eigenvalue weighted by atomic mass is 35.5. The summed E-state index contributed by atoms with van der Waals surface area (Å²) in [4.78, 5) is 130. The fourth-order valence-corrected chi connectivity index (χ4v) is 5.01. The summed E-state index contributed by atoms with van der Waals surface area (Å²) in [6.07, 6.45) is -2.80. The Morgan fingerprint density at radius 3 is 1.47 bits per heavy atom. The highest BCUT2D eigenvalue weighted by molar-refractivity contribution is 7.80. The molecule has 0 saturated heterocycles. The Hall–Kier alpha value is -6.37. The van der Waals surface area contributed by atoms with Crippen LogP contribution in [0.15, 0.2) is 24.3 Å². The van der Waals surface area contributed by atoms with Crippen molar-refractivity contribution in [1.29, 1.82) is 0 Å². The average Bonchev–Trinajstić information content (AvgIpc) is 3.13. The summed E-state index contributed by atoms with van der Waals surface area (Å²) >= 11 is 3.79.